The van der Waals surface area contributed by atoms with Crippen LogP contribution in [0.3, 0.4) is 0 Å². The molecular weight excluding hydrogens is 495 g/mol. The van der Waals surface area contributed by atoms with Gasteiger partial charge in [-0.05, 0) is 30.9 Å². The number of primary amides is 1. The maximum absolute atomic E-state index is 12.7. The van der Waals surface area contributed by atoms with E-state index in [-0.39, 0.29) is 48.3 Å². The summed E-state index contributed by atoms with van der Waals surface area (Å²) in [4.78, 5) is 34.6. The summed E-state index contributed by atoms with van der Waals surface area (Å²) in [5.41, 5.74) is 6.55. The van der Waals surface area contributed by atoms with Crippen LogP contribution in [0.4, 0.5) is 5.69 Å². The molecule has 2 amide bonds. The molecule has 0 radical (unpaired) electrons. The van der Waals surface area contributed by atoms with E-state index in [0.29, 0.717) is 6.42 Å². The molecule has 2 heterocycles. The maximum atomic E-state index is 12.7. The van der Waals surface area contributed by atoms with Crippen LogP contribution in [0.2, 0.25) is 0 Å². The number of hydrogen-bond donors (Lipinski definition) is 2. The molecule has 0 saturated carbocycles. The van der Waals surface area contributed by atoms with Gasteiger partial charge in [0.25, 0.3) is 0 Å². The Morgan fingerprint density at radius 3 is 2.43 bits per heavy atom. The molecule has 3 N–H and O–H groups in total. The molecule has 3 rings (SSSR count). The van der Waals surface area contributed by atoms with Gasteiger partial charge in [0.15, 0.2) is 5.96 Å². The molecule has 0 aliphatic carbocycles. The molecule has 2 aliphatic rings. The first-order valence-corrected chi connectivity index (χ1v) is 10.4. The van der Waals surface area contributed by atoms with Crippen LogP contribution in [-0.2, 0) is 9.59 Å². The van der Waals surface area contributed by atoms with Crippen molar-refractivity contribution in [2.24, 2.45) is 16.6 Å². The van der Waals surface area contributed by atoms with E-state index in [4.69, 9.17) is 5.73 Å². The van der Waals surface area contributed by atoms with E-state index in [1.807, 2.05) is 23.1 Å². The van der Waals surface area contributed by atoms with Crippen LogP contribution in [0, 0.1) is 5.92 Å². The smallest absolute Gasteiger partial charge is 0.242 e. The highest BCUT2D eigenvalue weighted by atomic mass is 127. The molecule has 1 aromatic rings. The van der Waals surface area contributed by atoms with E-state index in [0.717, 1.165) is 58.1 Å². The monoisotopic (exact) mass is 528 g/mol. The zero-order valence-corrected chi connectivity index (χ0v) is 20.0. The second kappa shape index (κ2) is 12.0. The fraction of sp³-hybridized carbons (Fsp3) is 0.571. The van der Waals surface area contributed by atoms with Gasteiger partial charge < -0.3 is 25.8 Å². The van der Waals surface area contributed by atoms with Crippen molar-refractivity contribution in [3.05, 3.63) is 30.3 Å². The van der Waals surface area contributed by atoms with E-state index in [1.165, 1.54) is 5.69 Å². The number of guanidine groups is 1. The lowest BCUT2D eigenvalue weighted by Gasteiger charge is -2.37. The number of nitrogens with two attached hydrogens (primary N) is 1. The zero-order valence-electron chi connectivity index (χ0n) is 17.6. The van der Waals surface area contributed by atoms with Crippen molar-refractivity contribution in [2.45, 2.75) is 19.3 Å². The topological polar surface area (TPSA) is 94.3 Å². The number of hydrogen-bond acceptors (Lipinski definition) is 4. The Hall–Kier alpha value is -2.04. The molecule has 0 bridgehead atoms. The summed E-state index contributed by atoms with van der Waals surface area (Å²) in [6.07, 6.45) is 2.40. The van der Waals surface area contributed by atoms with E-state index in [9.17, 15) is 9.59 Å². The van der Waals surface area contributed by atoms with Gasteiger partial charge in [0.05, 0.1) is 6.54 Å². The molecule has 9 heteroatoms. The van der Waals surface area contributed by atoms with Crippen LogP contribution >= 0.6 is 24.0 Å². The third-order valence-corrected chi connectivity index (χ3v) is 5.67. The molecular formula is C21H33IN6O2. The molecule has 2 aliphatic heterocycles. The van der Waals surface area contributed by atoms with Crippen molar-refractivity contribution < 1.29 is 9.59 Å². The van der Waals surface area contributed by atoms with Gasteiger partial charge in [0.1, 0.15) is 0 Å². The van der Waals surface area contributed by atoms with Crippen LogP contribution in [0.5, 0.6) is 0 Å². The van der Waals surface area contributed by atoms with Crippen molar-refractivity contribution in [3.8, 4) is 0 Å². The van der Waals surface area contributed by atoms with E-state index in [2.05, 4.69) is 32.2 Å². The van der Waals surface area contributed by atoms with Crippen LogP contribution in [0.25, 0.3) is 0 Å². The molecule has 1 atom stereocenters. The summed E-state index contributed by atoms with van der Waals surface area (Å²) in [6.45, 7) is 4.97. The molecule has 1 unspecified atom stereocenters. The highest BCUT2D eigenvalue weighted by molar-refractivity contribution is 14.0. The Bertz CT molecular complexity index is 721. The normalized spacial score (nSPS) is 19.8. The SMILES string of the molecule is CN=C(NCC(=O)N1CCN(c2ccccc2)CC1)N1CCCC(CC(N)=O)C1.I. The summed E-state index contributed by atoms with van der Waals surface area (Å²) in [5, 5.41) is 3.21. The number of carbonyl (C=O) groups excluding carboxylic acids is 2. The quantitative estimate of drug-likeness (QED) is 0.340. The summed E-state index contributed by atoms with van der Waals surface area (Å²) in [5.74, 6) is 0.797. The number of likely N-dealkylation sites (tertiary alicyclic amines) is 1. The number of carbonyl (C=O) groups is 2. The predicted molar refractivity (Wildman–Crippen MR) is 130 cm³/mol. The highest BCUT2D eigenvalue weighted by Crippen LogP contribution is 2.19. The Morgan fingerprint density at radius 2 is 1.80 bits per heavy atom. The minimum absolute atomic E-state index is 0. The summed E-state index contributed by atoms with van der Waals surface area (Å²) < 4.78 is 0. The molecule has 1 aromatic carbocycles. The van der Waals surface area contributed by atoms with Crippen LogP contribution in [-0.4, -0.2) is 80.4 Å². The van der Waals surface area contributed by atoms with Crippen LogP contribution in [0.1, 0.15) is 19.3 Å². The van der Waals surface area contributed by atoms with Crippen molar-refractivity contribution in [3.63, 3.8) is 0 Å². The lowest BCUT2D eigenvalue weighted by atomic mass is 9.95. The number of nitrogens with zero attached hydrogens (tertiary/aromatic N) is 4. The molecule has 30 heavy (non-hydrogen) atoms. The number of nitrogens with one attached hydrogen (secondary N) is 1. The zero-order chi connectivity index (χ0) is 20.6. The first-order chi connectivity index (χ1) is 14.1. The number of piperazine rings is 1. The highest BCUT2D eigenvalue weighted by Gasteiger charge is 2.25. The number of amides is 2. The Labute approximate surface area is 195 Å². The number of aliphatic imine (C=N–C) groups is 1. The molecule has 2 saturated heterocycles. The number of benzene rings is 1. The fourth-order valence-electron chi connectivity index (χ4n) is 4.16. The van der Waals surface area contributed by atoms with Crippen molar-refractivity contribution in [1.29, 1.82) is 0 Å². The third-order valence-electron chi connectivity index (χ3n) is 5.67. The molecule has 2 fully saturated rings. The van der Waals surface area contributed by atoms with Crippen molar-refractivity contribution >= 4 is 47.4 Å². The lowest BCUT2D eigenvalue weighted by molar-refractivity contribution is -0.130. The number of para-hydroxylation sites is 1. The van der Waals surface area contributed by atoms with Gasteiger partial charge in [-0.1, -0.05) is 18.2 Å². The van der Waals surface area contributed by atoms with Crippen LogP contribution in [0.15, 0.2) is 35.3 Å². The first kappa shape index (κ1) is 24.2. The second-order valence-corrected chi connectivity index (χ2v) is 7.73. The fourth-order valence-corrected chi connectivity index (χ4v) is 4.16. The minimum Gasteiger partial charge on any atom is -0.370 e. The largest absolute Gasteiger partial charge is 0.370 e. The van der Waals surface area contributed by atoms with Crippen molar-refractivity contribution in [2.75, 3.05) is 57.8 Å². The summed E-state index contributed by atoms with van der Waals surface area (Å²) >= 11 is 0. The van der Waals surface area contributed by atoms with Crippen LogP contribution < -0.4 is 16.0 Å². The average molecular weight is 528 g/mol. The van der Waals surface area contributed by atoms with Gasteiger partial charge >= 0.3 is 0 Å². The van der Waals surface area contributed by atoms with E-state index < -0.39 is 0 Å². The maximum Gasteiger partial charge on any atom is 0.242 e. The van der Waals surface area contributed by atoms with Gasteiger partial charge in [-0.15, -0.1) is 24.0 Å². The average Bonchev–Trinajstić information content (AvgIpc) is 2.74. The minimum atomic E-state index is -0.260. The van der Waals surface area contributed by atoms with Gasteiger partial charge in [0, 0.05) is 58.4 Å². The van der Waals surface area contributed by atoms with Gasteiger partial charge in [0.2, 0.25) is 11.8 Å². The van der Waals surface area contributed by atoms with E-state index >= 15 is 0 Å². The lowest BCUT2D eigenvalue weighted by Crippen LogP contribution is -2.53. The number of halogens is 1. The Balaban J connectivity index is 0.00000320. The summed E-state index contributed by atoms with van der Waals surface area (Å²) in [6, 6.07) is 10.3. The predicted octanol–water partition coefficient (Wildman–Crippen LogP) is 1.12. The first-order valence-electron chi connectivity index (χ1n) is 10.4. The van der Waals surface area contributed by atoms with Gasteiger partial charge in [-0.25, -0.2) is 0 Å². The number of piperidine rings is 1. The van der Waals surface area contributed by atoms with E-state index in [1.54, 1.807) is 7.05 Å². The number of rotatable bonds is 5. The molecule has 0 aromatic heterocycles. The Kier molecular flexibility index (Phi) is 9.67. The molecule has 0 spiro atoms. The third kappa shape index (κ3) is 6.75. The molecule has 166 valence electrons. The summed E-state index contributed by atoms with van der Waals surface area (Å²) in [7, 11) is 1.73. The Morgan fingerprint density at radius 1 is 1.10 bits per heavy atom. The van der Waals surface area contributed by atoms with Crippen molar-refractivity contribution in [1.82, 2.24) is 15.1 Å². The van der Waals surface area contributed by atoms with Gasteiger partial charge in [-0.3, -0.25) is 14.6 Å². The second-order valence-electron chi connectivity index (χ2n) is 7.73. The molecule has 8 nitrogen and oxygen atoms in total. The number of anilines is 1. The van der Waals surface area contributed by atoms with Gasteiger partial charge in [-0.2, -0.15) is 0 Å². The standard InChI is InChI=1S/C21H32N6O2.HI/c1-23-21(27-9-5-6-17(16-27)14-19(22)28)24-15-20(29)26-12-10-25(11-13-26)18-7-3-2-4-8-18;/h2-4,7-8,17H,5-6,9-16H2,1H3,(H2,22,28)(H,23,24);1H.